The van der Waals surface area contributed by atoms with E-state index < -0.39 is 17.7 Å². The zero-order valence-corrected chi connectivity index (χ0v) is 23.4. The Labute approximate surface area is 234 Å². The molecule has 8 nitrogen and oxygen atoms in total. The number of carbonyl (C=O) groups is 3. The molecule has 2 heterocycles. The third-order valence-electron chi connectivity index (χ3n) is 6.65. The lowest BCUT2D eigenvalue weighted by Gasteiger charge is -2.39. The number of benzene rings is 2. The number of carboxylic acid groups (broad SMARTS) is 1. The summed E-state index contributed by atoms with van der Waals surface area (Å²) in [4.78, 5) is 46.2. The molecule has 1 aliphatic heterocycles. The fraction of sp³-hybridized carbons (Fsp3) is 0.375. The van der Waals surface area contributed by atoms with Gasteiger partial charge in [-0.2, -0.15) is 0 Å². The summed E-state index contributed by atoms with van der Waals surface area (Å²) in [5, 5.41) is 10.7. The molecule has 3 aromatic rings. The molecule has 2 aromatic carbocycles. The first-order valence-corrected chi connectivity index (χ1v) is 13.5. The summed E-state index contributed by atoms with van der Waals surface area (Å²) in [6.45, 7) is 8.38. The Kier molecular flexibility index (Phi) is 8.73. The van der Waals surface area contributed by atoms with Crippen molar-refractivity contribution >= 4 is 34.6 Å². The van der Waals surface area contributed by atoms with Gasteiger partial charge in [-0.05, 0) is 75.8 Å². The van der Waals surface area contributed by atoms with Gasteiger partial charge in [0.1, 0.15) is 11.4 Å². The number of carbonyl (C=O) groups excluding carboxylic acids is 2. The standard InChI is InChI=1S/C32H35N3O5/c1-22-10-7-13-24-17-18-33-29(28(22)24)35(26-15-9-19-34(21-26)31(39)40-32(2,3)4)30(38)25-14-8-12-23(20-25)11-5-6-16-27(36)37/h7-8,10,12-14,17-18,20,26H,6,9,15-16,19,21H2,1-4H3,(H,36,37)/t26-/m1/s1. The number of piperidine rings is 1. The van der Waals surface area contributed by atoms with Crippen LogP contribution in [0.3, 0.4) is 0 Å². The van der Waals surface area contributed by atoms with E-state index in [0.717, 1.165) is 16.3 Å². The minimum atomic E-state index is -0.903. The molecule has 1 fully saturated rings. The second-order valence-corrected chi connectivity index (χ2v) is 11.0. The lowest BCUT2D eigenvalue weighted by atomic mass is 10.00. The highest BCUT2D eigenvalue weighted by Crippen LogP contribution is 2.32. The molecule has 1 N–H and O–H groups in total. The molecule has 40 heavy (non-hydrogen) atoms. The van der Waals surface area contributed by atoms with Crippen LogP contribution in [0.15, 0.2) is 54.7 Å². The molecule has 1 saturated heterocycles. The number of hydrogen-bond acceptors (Lipinski definition) is 5. The Morgan fingerprint density at radius 3 is 2.67 bits per heavy atom. The summed E-state index contributed by atoms with van der Waals surface area (Å²) in [6, 6.07) is 14.6. The average Bonchev–Trinajstić information content (AvgIpc) is 2.91. The topological polar surface area (TPSA) is 100 Å². The molecule has 0 bridgehead atoms. The number of likely N-dealkylation sites (tertiary alicyclic amines) is 1. The van der Waals surface area contributed by atoms with E-state index in [-0.39, 0.29) is 24.8 Å². The first-order valence-electron chi connectivity index (χ1n) is 13.5. The summed E-state index contributed by atoms with van der Waals surface area (Å²) in [5.74, 6) is 5.24. The van der Waals surface area contributed by atoms with Crippen molar-refractivity contribution in [1.82, 2.24) is 9.88 Å². The van der Waals surface area contributed by atoms with E-state index in [4.69, 9.17) is 14.8 Å². The quantitative estimate of drug-likeness (QED) is 0.410. The van der Waals surface area contributed by atoms with E-state index in [0.29, 0.717) is 42.9 Å². The average molecular weight is 542 g/mol. The lowest BCUT2D eigenvalue weighted by Crippen LogP contribution is -2.53. The minimum Gasteiger partial charge on any atom is -0.481 e. The van der Waals surface area contributed by atoms with Gasteiger partial charge in [0.15, 0.2) is 0 Å². The number of rotatable bonds is 5. The van der Waals surface area contributed by atoms with Crippen LogP contribution in [0.4, 0.5) is 10.6 Å². The van der Waals surface area contributed by atoms with Crippen LogP contribution in [-0.4, -0.2) is 57.7 Å². The fourth-order valence-corrected chi connectivity index (χ4v) is 4.87. The summed E-state index contributed by atoms with van der Waals surface area (Å²) < 4.78 is 5.64. The van der Waals surface area contributed by atoms with E-state index in [1.165, 1.54) is 0 Å². The first kappa shape index (κ1) is 28.6. The lowest BCUT2D eigenvalue weighted by molar-refractivity contribution is -0.136. The van der Waals surface area contributed by atoms with Crippen LogP contribution in [0.2, 0.25) is 0 Å². The third-order valence-corrected chi connectivity index (χ3v) is 6.65. The highest BCUT2D eigenvalue weighted by atomic mass is 16.6. The molecule has 1 aromatic heterocycles. The number of carboxylic acids is 1. The van der Waals surface area contributed by atoms with Crippen molar-refractivity contribution in [2.24, 2.45) is 0 Å². The number of aromatic nitrogens is 1. The van der Waals surface area contributed by atoms with Gasteiger partial charge in [-0.3, -0.25) is 14.5 Å². The number of fused-ring (bicyclic) bond motifs is 1. The van der Waals surface area contributed by atoms with Crippen LogP contribution in [0.1, 0.15) is 67.9 Å². The molecule has 4 rings (SSSR count). The van der Waals surface area contributed by atoms with Gasteiger partial charge < -0.3 is 14.7 Å². The maximum atomic E-state index is 14.3. The molecule has 0 radical (unpaired) electrons. The van der Waals surface area contributed by atoms with Crippen LogP contribution in [0.5, 0.6) is 0 Å². The van der Waals surface area contributed by atoms with Crippen molar-refractivity contribution < 1.29 is 24.2 Å². The van der Waals surface area contributed by atoms with Crippen LogP contribution in [0, 0.1) is 18.8 Å². The van der Waals surface area contributed by atoms with E-state index >= 15 is 0 Å². The Hall–Kier alpha value is -4.38. The van der Waals surface area contributed by atoms with Crippen LogP contribution < -0.4 is 4.90 Å². The monoisotopic (exact) mass is 541 g/mol. The number of aryl methyl sites for hydroxylation is 1. The summed E-state index contributed by atoms with van der Waals surface area (Å²) >= 11 is 0. The molecule has 2 amide bonds. The molecular formula is C32H35N3O5. The highest BCUT2D eigenvalue weighted by molar-refractivity contribution is 6.11. The number of aliphatic carboxylic acids is 1. The van der Waals surface area contributed by atoms with Crippen molar-refractivity contribution in [3.05, 3.63) is 71.4 Å². The zero-order valence-electron chi connectivity index (χ0n) is 23.4. The Morgan fingerprint density at radius 1 is 1.15 bits per heavy atom. The molecule has 0 spiro atoms. The second-order valence-electron chi connectivity index (χ2n) is 11.0. The first-order chi connectivity index (χ1) is 19.0. The van der Waals surface area contributed by atoms with Crippen molar-refractivity contribution in [3.63, 3.8) is 0 Å². The van der Waals surface area contributed by atoms with Crippen molar-refractivity contribution in [1.29, 1.82) is 0 Å². The molecule has 0 saturated carbocycles. The van der Waals surface area contributed by atoms with Crippen molar-refractivity contribution in [2.75, 3.05) is 18.0 Å². The summed E-state index contributed by atoms with van der Waals surface area (Å²) in [6.07, 6.45) is 2.90. The largest absolute Gasteiger partial charge is 0.481 e. The second kappa shape index (κ2) is 12.2. The molecule has 1 atom stereocenters. The maximum absolute atomic E-state index is 14.3. The normalized spacial score (nSPS) is 15.2. The molecular weight excluding hydrogens is 506 g/mol. The third kappa shape index (κ3) is 6.97. The van der Waals surface area contributed by atoms with E-state index in [1.807, 2.05) is 52.0 Å². The number of ether oxygens (including phenoxy) is 1. The van der Waals surface area contributed by atoms with E-state index in [1.54, 1.807) is 40.3 Å². The Morgan fingerprint density at radius 2 is 1.93 bits per heavy atom. The molecule has 1 aliphatic rings. The minimum absolute atomic E-state index is 0.0403. The SMILES string of the molecule is Cc1cccc2ccnc(N(C(=O)c3cccc(C#CCCC(=O)O)c3)[C@@H]3CCCN(C(=O)OC(C)(C)C)C3)c12. The van der Waals surface area contributed by atoms with Gasteiger partial charge in [0.2, 0.25) is 0 Å². The zero-order chi connectivity index (χ0) is 28.9. The van der Waals surface area contributed by atoms with E-state index in [2.05, 4.69) is 11.8 Å². The van der Waals surface area contributed by atoms with E-state index in [9.17, 15) is 14.4 Å². The Balaban J connectivity index is 1.74. The van der Waals surface area contributed by atoms with Crippen LogP contribution in [0.25, 0.3) is 10.8 Å². The van der Waals surface area contributed by atoms with Crippen molar-refractivity contribution in [3.8, 4) is 11.8 Å². The number of anilines is 1. The summed E-state index contributed by atoms with van der Waals surface area (Å²) in [5.41, 5.74) is 1.43. The maximum Gasteiger partial charge on any atom is 0.410 e. The van der Waals surface area contributed by atoms with Crippen LogP contribution >= 0.6 is 0 Å². The number of hydrogen-bond donors (Lipinski definition) is 1. The van der Waals surface area contributed by atoms with Gasteiger partial charge in [-0.25, -0.2) is 9.78 Å². The van der Waals surface area contributed by atoms with Gasteiger partial charge >= 0.3 is 12.1 Å². The van der Waals surface area contributed by atoms with Gasteiger partial charge in [-0.15, -0.1) is 0 Å². The molecule has 0 aliphatic carbocycles. The van der Waals surface area contributed by atoms with Gasteiger partial charge in [0.05, 0.1) is 12.5 Å². The number of nitrogens with zero attached hydrogens (tertiary/aromatic N) is 3. The Bertz CT molecular complexity index is 1480. The highest BCUT2D eigenvalue weighted by Gasteiger charge is 2.35. The molecule has 0 unspecified atom stereocenters. The smallest absolute Gasteiger partial charge is 0.410 e. The molecule has 208 valence electrons. The number of pyridine rings is 1. The van der Waals surface area contributed by atoms with Gasteiger partial charge in [-0.1, -0.05) is 36.1 Å². The predicted octanol–water partition coefficient (Wildman–Crippen LogP) is 5.81. The predicted molar refractivity (Wildman–Crippen MR) is 154 cm³/mol. The molecule has 8 heteroatoms. The van der Waals surface area contributed by atoms with Crippen LogP contribution in [-0.2, 0) is 9.53 Å². The van der Waals surface area contributed by atoms with Gasteiger partial charge in [0.25, 0.3) is 5.91 Å². The summed E-state index contributed by atoms with van der Waals surface area (Å²) in [7, 11) is 0. The van der Waals surface area contributed by atoms with Crippen molar-refractivity contribution in [2.45, 2.75) is 65.0 Å². The number of amides is 2. The van der Waals surface area contributed by atoms with Gasteiger partial charge in [0, 0.05) is 42.2 Å². The fourth-order valence-electron chi connectivity index (χ4n) is 4.87.